The van der Waals surface area contributed by atoms with E-state index in [1.165, 1.54) is 11.3 Å². The third kappa shape index (κ3) is 3.82. The Bertz CT molecular complexity index is 432. The van der Waals surface area contributed by atoms with Crippen molar-refractivity contribution in [3.8, 4) is 6.07 Å². The predicted molar refractivity (Wildman–Crippen MR) is 65.7 cm³/mol. The molecule has 0 bridgehead atoms. The molecular formula is C12H16N2O2S. The third-order valence-electron chi connectivity index (χ3n) is 2.26. The van der Waals surface area contributed by atoms with Crippen LogP contribution in [0.3, 0.4) is 0 Å². The number of hydrogen-bond acceptors (Lipinski definition) is 5. The van der Waals surface area contributed by atoms with Gasteiger partial charge in [-0.3, -0.25) is 4.79 Å². The fourth-order valence-corrected chi connectivity index (χ4v) is 2.15. The van der Waals surface area contributed by atoms with Gasteiger partial charge in [-0.05, 0) is 20.8 Å². The van der Waals surface area contributed by atoms with Gasteiger partial charge in [-0.15, -0.1) is 11.3 Å². The fraction of sp³-hybridized carbons (Fsp3) is 0.583. The molecule has 4 nitrogen and oxygen atoms in total. The topological polar surface area (TPSA) is 63.0 Å². The number of esters is 1. The summed E-state index contributed by atoms with van der Waals surface area (Å²) in [5.41, 5.74) is 0.286. The molecule has 0 aliphatic rings. The van der Waals surface area contributed by atoms with Crippen LogP contribution >= 0.6 is 11.3 Å². The number of aryl methyl sites for hydroxylation is 1. The summed E-state index contributed by atoms with van der Waals surface area (Å²) in [6.07, 6.45) is 0.904. The lowest BCUT2D eigenvalue weighted by Gasteiger charge is -2.09. The summed E-state index contributed by atoms with van der Waals surface area (Å²) < 4.78 is 4.84. The average Bonchev–Trinajstić information content (AvgIpc) is 2.76. The molecular weight excluding hydrogens is 236 g/mol. The molecule has 0 N–H and O–H groups in total. The minimum Gasteiger partial charge on any atom is -0.466 e. The highest BCUT2D eigenvalue weighted by atomic mass is 32.1. The van der Waals surface area contributed by atoms with Crippen LogP contribution in [-0.4, -0.2) is 17.6 Å². The zero-order chi connectivity index (χ0) is 12.9. The zero-order valence-electron chi connectivity index (χ0n) is 10.3. The molecule has 0 saturated carbocycles. The number of carbonyl (C=O) groups excluding carboxylic acids is 1. The molecule has 0 aliphatic heterocycles. The van der Waals surface area contributed by atoms with Crippen LogP contribution in [0.5, 0.6) is 0 Å². The van der Waals surface area contributed by atoms with Crippen molar-refractivity contribution in [2.24, 2.45) is 0 Å². The molecule has 0 fully saturated rings. The van der Waals surface area contributed by atoms with E-state index in [2.05, 4.69) is 11.1 Å². The number of thiazole rings is 1. The van der Waals surface area contributed by atoms with E-state index < -0.39 is 5.41 Å². The number of carbonyl (C=O) groups is 1. The zero-order valence-corrected chi connectivity index (χ0v) is 11.1. The quantitative estimate of drug-likeness (QED) is 0.755. The molecule has 0 amide bonds. The molecule has 0 spiro atoms. The van der Waals surface area contributed by atoms with E-state index in [1.807, 2.05) is 19.2 Å². The molecule has 1 aromatic heterocycles. The van der Waals surface area contributed by atoms with Crippen molar-refractivity contribution in [3.05, 3.63) is 16.1 Å². The van der Waals surface area contributed by atoms with Gasteiger partial charge in [0, 0.05) is 11.8 Å². The smallest absolute Gasteiger partial charge is 0.306 e. The highest BCUT2D eigenvalue weighted by Gasteiger charge is 2.23. The Labute approximate surface area is 105 Å². The van der Waals surface area contributed by atoms with Crippen LogP contribution in [0.4, 0.5) is 0 Å². The lowest BCUT2D eigenvalue weighted by molar-refractivity contribution is -0.143. The highest BCUT2D eigenvalue weighted by Crippen LogP contribution is 2.25. The molecule has 1 rings (SSSR count). The van der Waals surface area contributed by atoms with Gasteiger partial charge < -0.3 is 4.74 Å². The van der Waals surface area contributed by atoms with Crippen molar-refractivity contribution in [1.82, 2.24) is 4.98 Å². The van der Waals surface area contributed by atoms with Crippen molar-refractivity contribution in [2.45, 2.75) is 39.0 Å². The van der Waals surface area contributed by atoms with Crippen LogP contribution in [0, 0.1) is 11.3 Å². The first-order valence-corrected chi connectivity index (χ1v) is 6.39. The lowest BCUT2D eigenvalue weighted by Crippen LogP contribution is -2.13. The second-order valence-corrected chi connectivity index (χ2v) is 5.04. The molecule has 0 atom stereocenters. The maximum Gasteiger partial charge on any atom is 0.306 e. The summed E-state index contributed by atoms with van der Waals surface area (Å²) in [6.45, 7) is 5.86. The molecule has 1 heterocycles. The lowest BCUT2D eigenvalue weighted by atomic mass is 9.97. The fourth-order valence-electron chi connectivity index (χ4n) is 1.22. The summed E-state index contributed by atoms with van der Waals surface area (Å²) in [7, 11) is 0. The Morgan fingerprint density at radius 3 is 2.94 bits per heavy atom. The number of nitriles is 1. The summed E-state index contributed by atoms with van der Waals surface area (Å²) in [4.78, 5) is 15.6. The van der Waals surface area contributed by atoms with E-state index in [4.69, 9.17) is 10.00 Å². The summed E-state index contributed by atoms with van der Waals surface area (Å²) in [5, 5.41) is 11.7. The summed E-state index contributed by atoms with van der Waals surface area (Å²) in [6, 6.07) is 2.21. The molecule has 0 aliphatic carbocycles. The van der Waals surface area contributed by atoms with Crippen LogP contribution in [0.25, 0.3) is 0 Å². The second kappa shape index (κ2) is 5.78. The molecule has 1 aromatic rings. The van der Waals surface area contributed by atoms with Crippen LogP contribution < -0.4 is 0 Å². The SMILES string of the molecule is CCOC(=O)CCc1csc(C(C)(C)C#N)n1. The number of hydrogen-bond donors (Lipinski definition) is 0. The largest absolute Gasteiger partial charge is 0.466 e. The van der Waals surface area contributed by atoms with Gasteiger partial charge in [0.1, 0.15) is 10.4 Å². The minimum atomic E-state index is -0.563. The highest BCUT2D eigenvalue weighted by molar-refractivity contribution is 7.09. The van der Waals surface area contributed by atoms with E-state index in [1.54, 1.807) is 6.92 Å². The van der Waals surface area contributed by atoms with Crippen molar-refractivity contribution < 1.29 is 9.53 Å². The normalized spacial score (nSPS) is 10.9. The molecule has 0 unspecified atom stereocenters. The first-order valence-electron chi connectivity index (χ1n) is 5.51. The maximum absolute atomic E-state index is 11.2. The minimum absolute atomic E-state index is 0.207. The molecule has 92 valence electrons. The van der Waals surface area contributed by atoms with E-state index in [0.29, 0.717) is 19.4 Å². The van der Waals surface area contributed by atoms with Gasteiger partial charge in [-0.1, -0.05) is 0 Å². The predicted octanol–water partition coefficient (Wildman–Crippen LogP) is 2.44. The van der Waals surface area contributed by atoms with E-state index >= 15 is 0 Å². The molecule has 0 aromatic carbocycles. The van der Waals surface area contributed by atoms with Crippen molar-refractivity contribution in [3.63, 3.8) is 0 Å². The molecule has 5 heteroatoms. The number of ether oxygens (including phenoxy) is 1. The van der Waals surface area contributed by atoms with Gasteiger partial charge in [0.15, 0.2) is 0 Å². The summed E-state index contributed by atoms with van der Waals surface area (Å²) in [5.74, 6) is -0.207. The maximum atomic E-state index is 11.2. The van der Waals surface area contributed by atoms with Gasteiger partial charge in [0.25, 0.3) is 0 Å². The Morgan fingerprint density at radius 2 is 2.35 bits per heavy atom. The van der Waals surface area contributed by atoms with Gasteiger partial charge in [-0.25, -0.2) is 4.98 Å². The monoisotopic (exact) mass is 252 g/mol. The first kappa shape index (κ1) is 13.7. The van der Waals surface area contributed by atoms with E-state index in [9.17, 15) is 4.79 Å². The van der Waals surface area contributed by atoms with Gasteiger partial charge >= 0.3 is 5.97 Å². The van der Waals surface area contributed by atoms with Gasteiger partial charge in [0.2, 0.25) is 0 Å². The number of nitrogens with zero attached hydrogens (tertiary/aromatic N) is 2. The Hall–Kier alpha value is -1.41. The standard InChI is InChI=1S/C12H16N2O2S/c1-4-16-10(15)6-5-9-7-17-11(14-9)12(2,3)8-13/h7H,4-6H2,1-3H3. The Morgan fingerprint density at radius 1 is 1.65 bits per heavy atom. The average molecular weight is 252 g/mol. The van der Waals surface area contributed by atoms with Crippen molar-refractivity contribution >= 4 is 17.3 Å². The Kier molecular flexibility index (Phi) is 4.64. The Balaban J connectivity index is 2.58. The van der Waals surface area contributed by atoms with Gasteiger partial charge in [-0.2, -0.15) is 5.26 Å². The van der Waals surface area contributed by atoms with E-state index in [-0.39, 0.29) is 5.97 Å². The van der Waals surface area contributed by atoms with Crippen LogP contribution in [-0.2, 0) is 21.4 Å². The van der Waals surface area contributed by atoms with Crippen LogP contribution in [0.15, 0.2) is 5.38 Å². The molecule has 0 radical (unpaired) electrons. The number of rotatable bonds is 5. The molecule has 17 heavy (non-hydrogen) atoms. The van der Waals surface area contributed by atoms with Gasteiger partial charge in [0.05, 0.1) is 24.8 Å². The second-order valence-electron chi connectivity index (χ2n) is 4.19. The molecule has 0 saturated heterocycles. The summed E-state index contributed by atoms with van der Waals surface area (Å²) >= 11 is 1.46. The van der Waals surface area contributed by atoms with E-state index in [0.717, 1.165) is 10.7 Å². The van der Waals surface area contributed by atoms with Crippen LogP contribution in [0.1, 0.15) is 37.9 Å². The van der Waals surface area contributed by atoms with Crippen LogP contribution in [0.2, 0.25) is 0 Å². The third-order valence-corrected chi connectivity index (χ3v) is 3.47. The number of aromatic nitrogens is 1. The van der Waals surface area contributed by atoms with Crippen molar-refractivity contribution in [2.75, 3.05) is 6.61 Å². The van der Waals surface area contributed by atoms with Crippen molar-refractivity contribution in [1.29, 1.82) is 5.26 Å². The first-order chi connectivity index (χ1) is 7.99.